The molecule has 3 N–H and O–H groups in total. The van der Waals surface area contributed by atoms with E-state index in [9.17, 15) is 23.6 Å². The van der Waals surface area contributed by atoms with Crippen LogP contribution in [0.1, 0.15) is 45.5 Å². The molecule has 3 heterocycles. The van der Waals surface area contributed by atoms with E-state index in [0.717, 1.165) is 4.90 Å². The minimum Gasteiger partial charge on any atom is -0.311 e. The largest absolute Gasteiger partial charge is 0.311 e. The first-order valence-electron chi connectivity index (χ1n) is 9.37. The van der Waals surface area contributed by atoms with Crippen LogP contribution in [0.25, 0.3) is 0 Å². The Morgan fingerprint density at radius 3 is 2.71 bits per heavy atom. The number of amides is 4. The molecule has 0 aliphatic carbocycles. The Hall–Kier alpha value is -2.65. The van der Waals surface area contributed by atoms with E-state index in [1.165, 1.54) is 0 Å². The number of hydrogen-bond donors (Lipinski definition) is 3. The maximum absolute atomic E-state index is 13.2. The first kappa shape index (κ1) is 18.7. The molecule has 4 amide bonds. The number of piperidine rings is 1. The maximum Gasteiger partial charge on any atom is 0.262 e. The van der Waals surface area contributed by atoms with Crippen molar-refractivity contribution in [2.75, 3.05) is 13.1 Å². The summed E-state index contributed by atoms with van der Waals surface area (Å²) in [5, 5.41) is 8.47. The van der Waals surface area contributed by atoms with Gasteiger partial charge in [0.2, 0.25) is 11.8 Å². The Kier molecular flexibility index (Phi) is 4.94. The van der Waals surface area contributed by atoms with Gasteiger partial charge in [-0.05, 0) is 24.5 Å². The minimum absolute atomic E-state index is 0.0315. The molecule has 28 heavy (non-hydrogen) atoms. The number of alkyl halides is 1. The van der Waals surface area contributed by atoms with Crippen molar-refractivity contribution in [3.63, 3.8) is 0 Å². The summed E-state index contributed by atoms with van der Waals surface area (Å²) in [6, 6.07) is 4.07. The molecule has 0 bridgehead atoms. The Bertz CT molecular complexity index is 858. The summed E-state index contributed by atoms with van der Waals surface area (Å²) >= 11 is 0. The smallest absolute Gasteiger partial charge is 0.262 e. The van der Waals surface area contributed by atoms with Crippen molar-refractivity contribution in [1.82, 2.24) is 20.9 Å². The summed E-state index contributed by atoms with van der Waals surface area (Å²) in [7, 11) is 0. The highest BCUT2D eigenvalue weighted by Gasteiger charge is 2.45. The van der Waals surface area contributed by atoms with Gasteiger partial charge in [0, 0.05) is 32.1 Å². The fraction of sp³-hybridized carbons (Fsp3) is 0.474. The van der Waals surface area contributed by atoms with E-state index in [4.69, 9.17) is 0 Å². The number of fused-ring (bicyclic) bond motifs is 1. The number of nitrogens with one attached hydrogen (secondary N) is 3. The second-order valence-electron chi connectivity index (χ2n) is 7.36. The van der Waals surface area contributed by atoms with Gasteiger partial charge in [0.1, 0.15) is 12.2 Å². The van der Waals surface area contributed by atoms with Crippen molar-refractivity contribution in [3.8, 4) is 0 Å². The number of halogens is 1. The number of benzene rings is 1. The van der Waals surface area contributed by atoms with Gasteiger partial charge in [0.25, 0.3) is 11.8 Å². The normalized spacial score (nSPS) is 27.3. The summed E-state index contributed by atoms with van der Waals surface area (Å²) in [6.07, 6.45) is -0.182. The highest BCUT2D eigenvalue weighted by atomic mass is 19.1. The molecule has 3 aliphatic heterocycles. The predicted octanol–water partition coefficient (Wildman–Crippen LogP) is -0.123. The van der Waals surface area contributed by atoms with Crippen molar-refractivity contribution >= 4 is 23.6 Å². The van der Waals surface area contributed by atoms with Gasteiger partial charge < -0.3 is 10.6 Å². The van der Waals surface area contributed by atoms with Gasteiger partial charge in [-0.15, -0.1) is 0 Å². The van der Waals surface area contributed by atoms with Crippen molar-refractivity contribution in [2.24, 2.45) is 0 Å². The van der Waals surface area contributed by atoms with Crippen LogP contribution in [0.4, 0.5) is 4.39 Å². The summed E-state index contributed by atoms with van der Waals surface area (Å²) in [5.74, 6) is -2.07. The van der Waals surface area contributed by atoms with Crippen LogP contribution >= 0.6 is 0 Å². The van der Waals surface area contributed by atoms with Crippen LogP contribution in [0.5, 0.6) is 0 Å². The highest BCUT2D eigenvalue weighted by Crippen LogP contribution is 2.29. The van der Waals surface area contributed by atoms with Crippen LogP contribution in [0.2, 0.25) is 0 Å². The van der Waals surface area contributed by atoms with E-state index in [0.29, 0.717) is 31.6 Å². The number of hydrogen-bond acceptors (Lipinski definition) is 6. The summed E-state index contributed by atoms with van der Waals surface area (Å²) in [4.78, 5) is 50.2. The fourth-order valence-electron chi connectivity index (χ4n) is 4.04. The van der Waals surface area contributed by atoms with Crippen LogP contribution in [0.3, 0.4) is 0 Å². The summed E-state index contributed by atoms with van der Waals surface area (Å²) in [5.41, 5.74) is 1.20. The zero-order valence-corrected chi connectivity index (χ0v) is 15.2. The average molecular weight is 388 g/mol. The Labute approximate surface area is 160 Å². The Balaban J connectivity index is 1.49. The Morgan fingerprint density at radius 1 is 1.18 bits per heavy atom. The predicted molar refractivity (Wildman–Crippen MR) is 96.1 cm³/mol. The lowest BCUT2D eigenvalue weighted by atomic mass is 10.0. The van der Waals surface area contributed by atoms with Crippen LogP contribution in [0.15, 0.2) is 18.2 Å². The topological polar surface area (TPSA) is 108 Å². The molecule has 0 radical (unpaired) electrons. The van der Waals surface area contributed by atoms with Crippen molar-refractivity contribution < 1.29 is 23.6 Å². The minimum atomic E-state index is -0.977. The number of rotatable bonds is 5. The number of nitrogens with zero attached hydrogens (tertiary/aromatic N) is 1. The van der Waals surface area contributed by atoms with Crippen LogP contribution < -0.4 is 16.0 Å². The van der Waals surface area contributed by atoms with Gasteiger partial charge in [-0.25, -0.2) is 4.39 Å². The standard InChI is InChI=1S/C19H21FN4O4/c20-11-6-12(22-8-11)9-21-7-10-2-1-3-13-16(10)19(28)24(18(13)27)14-4-5-15(25)23-17(14)26/h1-3,11-12,14,21-22H,4-9H2,(H,23,25,26)/t11-,12-,14?/m0/s1. The molecule has 1 aromatic carbocycles. The number of imide groups is 2. The zero-order valence-electron chi connectivity index (χ0n) is 15.2. The molecule has 3 atom stereocenters. The molecule has 2 fully saturated rings. The second kappa shape index (κ2) is 7.40. The molecule has 1 aromatic rings. The molecule has 0 aromatic heterocycles. The first-order valence-corrected chi connectivity index (χ1v) is 9.37. The molecule has 1 unspecified atom stereocenters. The molecule has 3 aliphatic rings. The lowest BCUT2D eigenvalue weighted by molar-refractivity contribution is -0.136. The van der Waals surface area contributed by atoms with Crippen molar-refractivity contribution in [3.05, 3.63) is 34.9 Å². The van der Waals surface area contributed by atoms with Gasteiger partial charge in [-0.2, -0.15) is 0 Å². The third-order valence-electron chi connectivity index (χ3n) is 5.43. The third-order valence-corrected chi connectivity index (χ3v) is 5.43. The second-order valence-corrected chi connectivity index (χ2v) is 7.36. The first-order chi connectivity index (χ1) is 13.5. The lowest BCUT2D eigenvalue weighted by Gasteiger charge is -2.27. The van der Waals surface area contributed by atoms with E-state index >= 15 is 0 Å². The van der Waals surface area contributed by atoms with Crippen LogP contribution in [-0.4, -0.2) is 59.9 Å². The third kappa shape index (κ3) is 3.31. The Morgan fingerprint density at radius 2 is 2.00 bits per heavy atom. The van der Waals surface area contributed by atoms with E-state index in [2.05, 4.69) is 16.0 Å². The summed E-state index contributed by atoms with van der Waals surface area (Å²) in [6.45, 7) is 1.24. The summed E-state index contributed by atoms with van der Waals surface area (Å²) < 4.78 is 13.2. The molecular weight excluding hydrogens is 367 g/mol. The van der Waals surface area contributed by atoms with Crippen LogP contribution in [0, 0.1) is 0 Å². The quantitative estimate of drug-likeness (QED) is 0.607. The molecule has 9 heteroatoms. The van der Waals surface area contributed by atoms with E-state index < -0.39 is 35.8 Å². The van der Waals surface area contributed by atoms with E-state index in [1.807, 2.05) is 0 Å². The van der Waals surface area contributed by atoms with E-state index in [1.54, 1.807) is 18.2 Å². The molecule has 2 saturated heterocycles. The maximum atomic E-state index is 13.2. The van der Waals surface area contributed by atoms with E-state index in [-0.39, 0.29) is 30.0 Å². The molecule has 148 valence electrons. The van der Waals surface area contributed by atoms with Gasteiger partial charge in [0.15, 0.2) is 0 Å². The van der Waals surface area contributed by atoms with Gasteiger partial charge in [0.05, 0.1) is 11.1 Å². The van der Waals surface area contributed by atoms with Gasteiger partial charge >= 0.3 is 0 Å². The SMILES string of the molecule is O=C1CCC(N2C(=O)c3cccc(CNC[C@@H]4C[C@H](F)CN4)c3C2=O)C(=O)N1. The van der Waals surface area contributed by atoms with Gasteiger partial charge in [-0.1, -0.05) is 12.1 Å². The fourth-order valence-corrected chi connectivity index (χ4v) is 4.04. The molecule has 0 saturated carbocycles. The molecule has 8 nitrogen and oxygen atoms in total. The molecular formula is C19H21FN4O4. The number of carbonyl (C=O) groups is 4. The number of carbonyl (C=O) groups excluding carboxylic acids is 4. The lowest BCUT2D eigenvalue weighted by Crippen LogP contribution is -2.54. The zero-order chi connectivity index (χ0) is 19.8. The molecule has 4 rings (SSSR count). The van der Waals surface area contributed by atoms with Crippen molar-refractivity contribution in [1.29, 1.82) is 0 Å². The molecule has 0 spiro atoms. The highest BCUT2D eigenvalue weighted by molar-refractivity contribution is 6.24. The monoisotopic (exact) mass is 388 g/mol. The van der Waals surface area contributed by atoms with Gasteiger partial charge in [-0.3, -0.25) is 29.4 Å². The van der Waals surface area contributed by atoms with Crippen molar-refractivity contribution in [2.45, 2.75) is 44.1 Å². The van der Waals surface area contributed by atoms with Crippen LogP contribution in [-0.2, 0) is 16.1 Å². The average Bonchev–Trinajstić information content (AvgIpc) is 3.18.